The van der Waals surface area contributed by atoms with Crippen molar-refractivity contribution in [1.82, 2.24) is 0 Å². The Bertz CT molecular complexity index is 579. The SMILES string of the molecule is C=C1CC2[C@@H]3CC=C4C=C(C)CCC4C3CC[C@]2(C)C1=O. The van der Waals surface area contributed by atoms with Crippen LogP contribution in [-0.4, -0.2) is 5.78 Å². The van der Waals surface area contributed by atoms with Crippen molar-refractivity contribution in [2.24, 2.45) is 29.1 Å². The summed E-state index contributed by atoms with van der Waals surface area (Å²) < 4.78 is 0. The highest BCUT2D eigenvalue weighted by atomic mass is 16.1. The quantitative estimate of drug-likeness (QED) is 0.580. The van der Waals surface area contributed by atoms with Gasteiger partial charge in [0.2, 0.25) is 0 Å². The van der Waals surface area contributed by atoms with E-state index >= 15 is 0 Å². The monoisotopic (exact) mass is 282 g/mol. The van der Waals surface area contributed by atoms with Crippen LogP contribution in [0.15, 0.2) is 35.5 Å². The summed E-state index contributed by atoms with van der Waals surface area (Å²) in [4.78, 5) is 12.5. The number of ketones is 1. The fourth-order valence-corrected chi connectivity index (χ4v) is 5.85. The molecule has 0 heterocycles. The van der Waals surface area contributed by atoms with E-state index in [1.54, 1.807) is 11.1 Å². The first-order valence-electron chi connectivity index (χ1n) is 8.60. The average Bonchev–Trinajstić information content (AvgIpc) is 2.70. The minimum Gasteiger partial charge on any atom is -0.294 e. The Morgan fingerprint density at radius 1 is 1.29 bits per heavy atom. The minimum absolute atomic E-state index is 0.0932. The molecule has 21 heavy (non-hydrogen) atoms. The van der Waals surface area contributed by atoms with Crippen LogP contribution in [0.2, 0.25) is 0 Å². The van der Waals surface area contributed by atoms with E-state index in [1.807, 2.05) is 0 Å². The van der Waals surface area contributed by atoms with E-state index in [9.17, 15) is 4.79 Å². The molecule has 0 bridgehead atoms. The molecular weight excluding hydrogens is 256 g/mol. The third kappa shape index (κ3) is 1.79. The van der Waals surface area contributed by atoms with E-state index in [-0.39, 0.29) is 5.41 Å². The molecule has 5 atom stereocenters. The van der Waals surface area contributed by atoms with E-state index < -0.39 is 0 Å². The van der Waals surface area contributed by atoms with Gasteiger partial charge < -0.3 is 0 Å². The highest BCUT2D eigenvalue weighted by molar-refractivity contribution is 6.02. The molecule has 0 N–H and O–H groups in total. The maximum Gasteiger partial charge on any atom is 0.164 e. The van der Waals surface area contributed by atoms with Crippen molar-refractivity contribution in [2.45, 2.75) is 52.4 Å². The summed E-state index contributed by atoms with van der Waals surface area (Å²) in [5.41, 5.74) is 3.95. The predicted octanol–water partition coefficient (Wildman–Crippen LogP) is 4.85. The van der Waals surface area contributed by atoms with Gasteiger partial charge in [0.15, 0.2) is 5.78 Å². The van der Waals surface area contributed by atoms with Gasteiger partial charge in [-0.1, -0.05) is 31.2 Å². The summed E-state index contributed by atoms with van der Waals surface area (Å²) in [6.07, 6.45) is 12.0. The summed E-state index contributed by atoms with van der Waals surface area (Å²) >= 11 is 0. The van der Waals surface area contributed by atoms with Crippen molar-refractivity contribution in [3.05, 3.63) is 35.5 Å². The van der Waals surface area contributed by atoms with E-state index in [4.69, 9.17) is 0 Å². The second-order valence-electron chi connectivity index (χ2n) is 8.10. The summed E-state index contributed by atoms with van der Waals surface area (Å²) in [5.74, 6) is 3.22. The molecule has 0 aromatic carbocycles. The second-order valence-corrected chi connectivity index (χ2v) is 8.10. The standard InChI is InChI=1S/C20H26O/c1-12-4-6-15-14(10-12)5-7-17-16(15)8-9-20(3)18(17)11-13(2)19(20)21/h5,10,15-18H,2,4,6-9,11H2,1,3H3/t15?,16?,17-,18?,20+/m1/s1. The third-order valence-electron chi connectivity index (χ3n) is 7.02. The number of hydrogen-bond acceptors (Lipinski definition) is 1. The first kappa shape index (κ1) is 13.5. The first-order valence-corrected chi connectivity index (χ1v) is 8.60. The predicted molar refractivity (Wildman–Crippen MR) is 85.8 cm³/mol. The molecule has 1 heteroatoms. The highest BCUT2D eigenvalue weighted by Gasteiger charge is 2.56. The van der Waals surface area contributed by atoms with Gasteiger partial charge >= 0.3 is 0 Å². The molecule has 1 nitrogen and oxygen atoms in total. The van der Waals surface area contributed by atoms with Crippen LogP contribution in [0.1, 0.15) is 52.4 Å². The smallest absolute Gasteiger partial charge is 0.164 e. The van der Waals surface area contributed by atoms with Crippen LogP contribution in [-0.2, 0) is 4.79 Å². The zero-order chi connectivity index (χ0) is 14.8. The fraction of sp³-hybridized carbons (Fsp3) is 0.650. The normalized spacial score (nSPS) is 45.4. The Kier molecular flexibility index (Phi) is 2.87. The molecule has 0 saturated heterocycles. The van der Waals surface area contributed by atoms with Gasteiger partial charge in [0, 0.05) is 5.41 Å². The molecule has 0 spiro atoms. The maximum absolute atomic E-state index is 12.5. The Morgan fingerprint density at radius 2 is 2.10 bits per heavy atom. The molecule has 3 unspecified atom stereocenters. The molecular formula is C20H26O. The van der Waals surface area contributed by atoms with Crippen molar-refractivity contribution in [3.8, 4) is 0 Å². The Hall–Kier alpha value is -1.11. The molecule has 2 fully saturated rings. The lowest BCUT2D eigenvalue weighted by Crippen LogP contribution is -2.45. The van der Waals surface area contributed by atoms with Crippen molar-refractivity contribution < 1.29 is 4.79 Å². The van der Waals surface area contributed by atoms with Crippen LogP contribution in [0.4, 0.5) is 0 Å². The van der Waals surface area contributed by atoms with Gasteiger partial charge in [0.25, 0.3) is 0 Å². The maximum atomic E-state index is 12.5. The van der Waals surface area contributed by atoms with Gasteiger partial charge in [-0.25, -0.2) is 0 Å². The Labute approximate surface area is 128 Å². The van der Waals surface area contributed by atoms with E-state index in [0.29, 0.717) is 17.6 Å². The van der Waals surface area contributed by atoms with E-state index in [0.717, 1.165) is 30.3 Å². The molecule has 0 aliphatic heterocycles. The van der Waals surface area contributed by atoms with Gasteiger partial charge in [-0.15, -0.1) is 0 Å². The molecule has 0 aromatic heterocycles. The van der Waals surface area contributed by atoms with Crippen molar-refractivity contribution in [1.29, 1.82) is 0 Å². The highest BCUT2D eigenvalue weighted by Crippen LogP contribution is 2.60. The zero-order valence-electron chi connectivity index (χ0n) is 13.3. The number of allylic oxidation sites excluding steroid dienone is 5. The lowest BCUT2D eigenvalue weighted by atomic mass is 9.53. The summed E-state index contributed by atoms with van der Waals surface area (Å²) in [6, 6.07) is 0. The van der Waals surface area contributed by atoms with Crippen molar-refractivity contribution in [2.75, 3.05) is 0 Å². The Balaban J connectivity index is 1.69. The van der Waals surface area contributed by atoms with E-state index in [1.165, 1.54) is 25.7 Å². The lowest BCUT2D eigenvalue weighted by molar-refractivity contribution is -0.128. The zero-order valence-corrected chi connectivity index (χ0v) is 13.3. The second kappa shape index (κ2) is 4.44. The molecule has 4 aliphatic rings. The van der Waals surface area contributed by atoms with Gasteiger partial charge in [-0.05, 0) is 80.3 Å². The van der Waals surface area contributed by atoms with Crippen LogP contribution in [0.5, 0.6) is 0 Å². The van der Waals surface area contributed by atoms with Crippen LogP contribution < -0.4 is 0 Å². The number of carbonyl (C=O) groups is 1. The summed E-state index contributed by atoms with van der Waals surface area (Å²) in [6.45, 7) is 8.54. The van der Waals surface area contributed by atoms with Gasteiger partial charge in [0.05, 0.1) is 0 Å². The molecule has 0 aromatic rings. The molecule has 2 saturated carbocycles. The third-order valence-corrected chi connectivity index (χ3v) is 7.02. The fourth-order valence-electron chi connectivity index (χ4n) is 5.85. The molecule has 0 radical (unpaired) electrons. The average molecular weight is 282 g/mol. The summed E-state index contributed by atoms with van der Waals surface area (Å²) in [7, 11) is 0. The van der Waals surface area contributed by atoms with Crippen LogP contribution >= 0.6 is 0 Å². The van der Waals surface area contributed by atoms with Crippen LogP contribution in [0.3, 0.4) is 0 Å². The van der Waals surface area contributed by atoms with Gasteiger partial charge in [0.1, 0.15) is 0 Å². The lowest BCUT2D eigenvalue weighted by Gasteiger charge is -2.50. The number of fused-ring (bicyclic) bond motifs is 5. The first-order chi connectivity index (χ1) is 10.0. The van der Waals surface area contributed by atoms with Gasteiger partial charge in [-0.2, -0.15) is 0 Å². The topological polar surface area (TPSA) is 17.1 Å². The number of rotatable bonds is 0. The molecule has 4 rings (SSSR count). The van der Waals surface area contributed by atoms with Crippen molar-refractivity contribution >= 4 is 5.78 Å². The van der Waals surface area contributed by atoms with Crippen LogP contribution in [0, 0.1) is 29.1 Å². The van der Waals surface area contributed by atoms with Crippen molar-refractivity contribution in [3.63, 3.8) is 0 Å². The van der Waals surface area contributed by atoms with E-state index in [2.05, 4.69) is 32.6 Å². The number of Topliss-reactive ketones (excluding diaryl/α,β-unsaturated/α-hetero) is 1. The molecule has 112 valence electrons. The number of hydrogen-bond donors (Lipinski definition) is 0. The number of carbonyl (C=O) groups excluding carboxylic acids is 1. The van der Waals surface area contributed by atoms with Crippen LogP contribution in [0.25, 0.3) is 0 Å². The molecule has 0 amide bonds. The minimum atomic E-state index is -0.0932. The molecule has 4 aliphatic carbocycles. The largest absolute Gasteiger partial charge is 0.294 e. The summed E-state index contributed by atoms with van der Waals surface area (Å²) in [5, 5.41) is 0. The Morgan fingerprint density at radius 3 is 2.90 bits per heavy atom. The van der Waals surface area contributed by atoms with Gasteiger partial charge in [-0.3, -0.25) is 4.79 Å².